The number of aliphatic hydroxyl groups is 1. The van der Waals surface area contributed by atoms with E-state index in [1.54, 1.807) is 38.1 Å². The van der Waals surface area contributed by atoms with Gasteiger partial charge in [-0.2, -0.15) is 0 Å². The minimum Gasteiger partial charge on any atom is -0.396 e. The average Bonchev–Trinajstić information content (AvgIpc) is 3.28. The number of ether oxygens (including phenoxy) is 1. The summed E-state index contributed by atoms with van der Waals surface area (Å²) in [5.74, 6) is 4.33. The van der Waals surface area contributed by atoms with Gasteiger partial charge < -0.3 is 9.84 Å². The predicted molar refractivity (Wildman–Crippen MR) is 147 cm³/mol. The molecule has 2 heterocycles. The maximum absolute atomic E-state index is 13.0. The van der Waals surface area contributed by atoms with Crippen molar-refractivity contribution in [1.29, 1.82) is 0 Å². The van der Waals surface area contributed by atoms with Gasteiger partial charge in [0.2, 0.25) is 0 Å². The molecule has 0 aromatic heterocycles. The van der Waals surface area contributed by atoms with Crippen LogP contribution in [0.25, 0.3) is 0 Å². The Morgan fingerprint density at radius 3 is 2.13 bits per heavy atom. The molecule has 5 atom stereocenters. The Kier molecular flexibility index (Phi) is 9.66. The molecule has 2 aliphatic heterocycles. The van der Waals surface area contributed by atoms with E-state index in [-0.39, 0.29) is 36.8 Å². The van der Waals surface area contributed by atoms with Gasteiger partial charge in [-0.25, -0.2) is 0 Å². The maximum atomic E-state index is 13.0. The Bertz CT molecular complexity index is 1180. The van der Waals surface area contributed by atoms with E-state index in [1.807, 2.05) is 0 Å². The number of aliphatic hydroxyl groups excluding tert-OH is 1. The molecule has 200 valence electrons. The van der Waals surface area contributed by atoms with Gasteiger partial charge in [-0.1, -0.05) is 50.0 Å². The molecule has 0 spiro atoms. The van der Waals surface area contributed by atoms with E-state index in [0.29, 0.717) is 23.7 Å². The number of hydrogen-bond donors (Lipinski definition) is 1. The van der Waals surface area contributed by atoms with Crippen LogP contribution in [0.2, 0.25) is 0 Å². The van der Waals surface area contributed by atoms with Gasteiger partial charge in [0.05, 0.1) is 18.1 Å². The fraction of sp³-hybridized carbons (Fsp3) is 0.485. The predicted octanol–water partition coefficient (Wildman–Crippen LogP) is 5.34. The van der Waals surface area contributed by atoms with Crippen molar-refractivity contribution in [1.82, 2.24) is 0 Å². The highest BCUT2D eigenvalue weighted by molar-refractivity contribution is 6.09. The lowest BCUT2D eigenvalue weighted by atomic mass is 9.80. The quantitative estimate of drug-likeness (QED) is 0.263. The average molecular weight is 515 g/mol. The van der Waals surface area contributed by atoms with E-state index in [1.165, 1.54) is 37.7 Å². The number of rotatable bonds is 10. The lowest BCUT2D eigenvalue weighted by Gasteiger charge is -2.20. The van der Waals surface area contributed by atoms with E-state index in [2.05, 4.69) is 36.1 Å². The summed E-state index contributed by atoms with van der Waals surface area (Å²) < 4.78 is 6.09. The van der Waals surface area contributed by atoms with Crippen LogP contribution in [0.1, 0.15) is 85.8 Å². The van der Waals surface area contributed by atoms with Crippen LogP contribution in [0.4, 0.5) is 0 Å². The number of hydrogen-bond acceptors (Lipinski definition) is 5. The Labute approximate surface area is 226 Å². The zero-order chi connectivity index (χ0) is 27.1. The molecule has 2 aromatic rings. The third kappa shape index (κ3) is 7.07. The molecule has 5 heteroatoms. The summed E-state index contributed by atoms with van der Waals surface area (Å²) in [5.41, 5.74) is 3.50. The Hall–Kier alpha value is -3.07. The number of ketones is 3. The van der Waals surface area contributed by atoms with E-state index < -0.39 is 11.8 Å². The number of carbonyl (C=O) groups excluding carboxylic acids is 3. The molecule has 2 aliphatic rings. The zero-order valence-electron chi connectivity index (χ0n) is 22.4. The van der Waals surface area contributed by atoms with E-state index >= 15 is 0 Å². The SMILES string of the molecule is CCC(=O)C(C(=O)CCO)C(C)C(=O)c1ccc(C#Cc2ccc(CC3CCC4CCC(C3)O4)cc2)cc1. The van der Waals surface area contributed by atoms with Crippen LogP contribution < -0.4 is 0 Å². The van der Waals surface area contributed by atoms with E-state index in [4.69, 9.17) is 9.84 Å². The van der Waals surface area contributed by atoms with Crippen LogP contribution in [-0.2, 0) is 20.7 Å². The second-order valence-corrected chi connectivity index (χ2v) is 10.8. The van der Waals surface area contributed by atoms with Crippen molar-refractivity contribution in [2.45, 2.75) is 77.4 Å². The molecule has 1 N–H and O–H groups in total. The van der Waals surface area contributed by atoms with Gasteiger partial charge in [-0.3, -0.25) is 14.4 Å². The largest absolute Gasteiger partial charge is 0.396 e. The fourth-order valence-corrected chi connectivity index (χ4v) is 5.82. The zero-order valence-corrected chi connectivity index (χ0v) is 22.4. The maximum Gasteiger partial charge on any atom is 0.166 e. The fourth-order valence-electron chi connectivity index (χ4n) is 5.82. The van der Waals surface area contributed by atoms with Gasteiger partial charge in [0.15, 0.2) is 5.78 Å². The lowest BCUT2D eigenvalue weighted by Crippen LogP contribution is -2.34. The molecule has 0 saturated carbocycles. The minimum atomic E-state index is -1.02. The van der Waals surface area contributed by atoms with Gasteiger partial charge in [0.1, 0.15) is 11.6 Å². The van der Waals surface area contributed by atoms with Crippen molar-refractivity contribution in [3.63, 3.8) is 0 Å². The topological polar surface area (TPSA) is 80.7 Å². The second-order valence-electron chi connectivity index (χ2n) is 10.8. The second kappa shape index (κ2) is 13.1. The van der Waals surface area contributed by atoms with Gasteiger partial charge in [-0.15, -0.1) is 0 Å². The smallest absolute Gasteiger partial charge is 0.166 e. The first-order valence-electron chi connectivity index (χ1n) is 13.9. The Balaban J connectivity index is 1.36. The molecule has 0 amide bonds. The van der Waals surface area contributed by atoms with E-state index in [0.717, 1.165) is 17.5 Å². The standard InChI is InChI=1S/C33H38O5/c1-3-30(35)32(31(36)18-19-34)22(2)33(37)27-13-10-24(11-14-27)5-4-23-6-8-25(9-7-23)20-26-12-15-28-16-17-29(21-26)38-28/h6-11,13-14,22,26,28-29,32,34H,3,12,15-21H2,1-2H3. The molecule has 2 fully saturated rings. The van der Waals surface area contributed by atoms with Crippen LogP contribution in [0.5, 0.6) is 0 Å². The van der Waals surface area contributed by atoms with Crippen LogP contribution >= 0.6 is 0 Å². The van der Waals surface area contributed by atoms with Crippen molar-refractivity contribution in [3.8, 4) is 11.8 Å². The summed E-state index contributed by atoms with van der Waals surface area (Å²) in [7, 11) is 0. The highest BCUT2D eigenvalue weighted by Crippen LogP contribution is 2.35. The molecular weight excluding hydrogens is 476 g/mol. The first kappa shape index (κ1) is 28.0. The molecule has 0 radical (unpaired) electrons. The first-order chi connectivity index (χ1) is 18.4. The normalized spacial score (nSPS) is 22.0. The van der Waals surface area contributed by atoms with Crippen LogP contribution in [0.15, 0.2) is 48.5 Å². The van der Waals surface area contributed by atoms with E-state index in [9.17, 15) is 14.4 Å². The number of carbonyl (C=O) groups is 3. The Morgan fingerprint density at radius 1 is 0.895 bits per heavy atom. The molecule has 2 saturated heterocycles. The van der Waals surface area contributed by atoms with Gasteiger partial charge in [0, 0.05) is 42.1 Å². The van der Waals surface area contributed by atoms with Crippen LogP contribution in [0.3, 0.4) is 0 Å². The summed E-state index contributed by atoms with van der Waals surface area (Å²) in [5, 5.41) is 9.11. The van der Waals surface area contributed by atoms with Crippen LogP contribution in [-0.4, -0.2) is 41.3 Å². The summed E-state index contributed by atoms with van der Waals surface area (Å²) in [6.45, 7) is 2.96. The summed E-state index contributed by atoms with van der Waals surface area (Å²) >= 11 is 0. The molecule has 5 unspecified atom stereocenters. The van der Waals surface area contributed by atoms with Gasteiger partial charge in [0.25, 0.3) is 0 Å². The number of benzene rings is 2. The molecule has 4 rings (SSSR count). The highest BCUT2D eigenvalue weighted by Gasteiger charge is 2.35. The van der Waals surface area contributed by atoms with Crippen molar-refractivity contribution >= 4 is 17.3 Å². The molecule has 38 heavy (non-hydrogen) atoms. The minimum absolute atomic E-state index is 0.125. The van der Waals surface area contributed by atoms with Crippen molar-refractivity contribution in [2.75, 3.05) is 6.61 Å². The summed E-state index contributed by atoms with van der Waals surface area (Å²) in [4.78, 5) is 37.8. The van der Waals surface area contributed by atoms with Gasteiger partial charge in [-0.05, 0) is 74.3 Å². The van der Waals surface area contributed by atoms with Crippen molar-refractivity contribution in [3.05, 3.63) is 70.8 Å². The Morgan fingerprint density at radius 2 is 1.50 bits per heavy atom. The summed E-state index contributed by atoms with van der Waals surface area (Å²) in [6, 6.07) is 15.4. The number of fused-ring (bicyclic) bond motifs is 2. The third-order valence-electron chi connectivity index (χ3n) is 8.00. The number of Topliss-reactive ketones (excluding diaryl/α,β-unsaturated/α-hetero) is 3. The summed E-state index contributed by atoms with van der Waals surface area (Å²) in [6.07, 6.45) is 8.13. The molecule has 0 aliphatic carbocycles. The van der Waals surface area contributed by atoms with Crippen molar-refractivity contribution < 1.29 is 24.2 Å². The van der Waals surface area contributed by atoms with Crippen molar-refractivity contribution in [2.24, 2.45) is 17.8 Å². The molecular formula is C33H38O5. The molecule has 2 bridgehead atoms. The third-order valence-corrected chi connectivity index (χ3v) is 8.00. The lowest BCUT2D eigenvalue weighted by molar-refractivity contribution is -0.134. The van der Waals surface area contributed by atoms with Gasteiger partial charge >= 0.3 is 0 Å². The highest BCUT2D eigenvalue weighted by atomic mass is 16.5. The molecule has 5 nitrogen and oxygen atoms in total. The van der Waals surface area contributed by atoms with Crippen LogP contribution in [0, 0.1) is 29.6 Å². The monoisotopic (exact) mass is 514 g/mol. The molecule has 2 aromatic carbocycles. The first-order valence-corrected chi connectivity index (χ1v) is 13.9.